The van der Waals surface area contributed by atoms with Crippen molar-refractivity contribution >= 4 is 22.6 Å². The second-order valence-electron chi connectivity index (χ2n) is 8.02. The highest BCUT2D eigenvalue weighted by Gasteiger charge is 2.28. The normalized spacial score (nSPS) is 19.8. The van der Waals surface area contributed by atoms with E-state index in [2.05, 4.69) is 20.6 Å². The molecule has 1 aliphatic carbocycles. The minimum absolute atomic E-state index is 0.0722. The van der Waals surface area contributed by atoms with Gasteiger partial charge in [-0.2, -0.15) is 5.10 Å². The van der Waals surface area contributed by atoms with E-state index in [4.69, 9.17) is 0 Å². The number of amides is 2. The first kappa shape index (κ1) is 19.6. The van der Waals surface area contributed by atoms with Gasteiger partial charge in [0.15, 0.2) is 5.69 Å². The number of aromatic nitrogens is 2. The van der Waals surface area contributed by atoms with Crippen LogP contribution in [0.4, 0.5) is 0 Å². The van der Waals surface area contributed by atoms with E-state index in [1.807, 2.05) is 0 Å². The fraction of sp³-hybridized carbons (Fsp3) is 0.524. The summed E-state index contributed by atoms with van der Waals surface area (Å²) in [5.41, 5.74) is 0.00648. The number of benzene rings is 1. The van der Waals surface area contributed by atoms with E-state index in [1.54, 1.807) is 31.3 Å². The molecule has 1 aromatic heterocycles. The Morgan fingerprint density at radius 2 is 1.93 bits per heavy atom. The number of nitrogens with one attached hydrogen (secondary N) is 2. The van der Waals surface area contributed by atoms with E-state index >= 15 is 0 Å². The lowest BCUT2D eigenvalue weighted by Crippen LogP contribution is -2.45. The SMILES string of the molecule is CNC(=O)c1nn(CN2CCCC(C(=O)NCC3CC3)C2)c(=O)c2ccccc12. The van der Waals surface area contributed by atoms with Crippen LogP contribution in [-0.4, -0.2) is 53.2 Å². The highest BCUT2D eigenvalue weighted by Crippen LogP contribution is 2.28. The molecule has 2 aromatic rings. The van der Waals surface area contributed by atoms with Crippen LogP contribution in [-0.2, 0) is 11.5 Å². The van der Waals surface area contributed by atoms with Crippen molar-refractivity contribution < 1.29 is 9.59 Å². The number of hydrogen-bond acceptors (Lipinski definition) is 5. The molecule has 1 unspecified atom stereocenters. The number of likely N-dealkylation sites (tertiary alicyclic amines) is 1. The van der Waals surface area contributed by atoms with Crippen LogP contribution in [0.25, 0.3) is 10.8 Å². The van der Waals surface area contributed by atoms with Gasteiger partial charge < -0.3 is 10.6 Å². The summed E-state index contributed by atoms with van der Waals surface area (Å²) < 4.78 is 1.34. The van der Waals surface area contributed by atoms with Crippen LogP contribution >= 0.6 is 0 Å². The number of nitrogens with zero attached hydrogens (tertiary/aromatic N) is 3. The van der Waals surface area contributed by atoms with Crippen molar-refractivity contribution in [3.8, 4) is 0 Å². The van der Waals surface area contributed by atoms with Gasteiger partial charge in [-0.3, -0.25) is 19.3 Å². The second kappa shape index (κ2) is 8.32. The van der Waals surface area contributed by atoms with Crippen LogP contribution in [0.5, 0.6) is 0 Å². The van der Waals surface area contributed by atoms with E-state index in [0.29, 0.717) is 23.2 Å². The second-order valence-corrected chi connectivity index (χ2v) is 8.02. The fourth-order valence-electron chi connectivity index (χ4n) is 3.92. The molecular formula is C21H27N5O3. The molecule has 1 saturated carbocycles. The Bertz CT molecular complexity index is 982. The molecule has 2 N–H and O–H groups in total. The molecule has 1 aliphatic heterocycles. The maximum atomic E-state index is 12.9. The van der Waals surface area contributed by atoms with Gasteiger partial charge in [-0.1, -0.05) is 18.2 Å². The molecule has 0 spiro atoms. The van der Waals surface area contributed by atoms with Crippen LogP contribution in [0.1, 0.15) is 36.2 Å². The van der Waals surface area contributed by atoms with Crippen molar-refractivity contribution in [3.05, 3.63) is 40.3 Å². The summed E-state index contributed by atoms with van der Waals surface area (Å²) in [4.78, 5) is 39.8. The maximum Gasteiger partial charge on any atom is 0.275 e. The fourth-order valence-corrected chi connectivity index (χ4v) is 3.92. The van der Waals surface area contributed by atoms with Crippen LogP contribution in [0.3, 0.4) is 0 Å². The third kappa shape index (κ3) is 4.32. The molecule has 0 bridgehead atoms. The zero-order valence-electron chi connectivity index (χ0n) is 16.7. The Kier molecular flexibility index (Phi) is 5.62. The van der Waals surface area contributed by atoms with Gasteiger partial charge in [-0.25, -0.2) is 4.68 Å². The third-order valence-electron chi connectivity index (χ3n) is 5.78. The summed E-state index contributed by atoms with van der Waals surface area (Å²) in [5, 5.41) is 11.0. The van der Waals surface area contributed by atoms with E-state index in [-0.39, 0.29) is 35.7 Å². The molecule has 2 amide bonds. The Labute approximate surface area is 169 Å². The highest BCUT2D eigenvalue weighted by molar-refractivity contribution is 6.04. The van der Waals surface area contributed by atoms with Gasteiger partial charge in [0.05, 0.1) is 18.0 Å². The molecule has 2 heterocycles. The number of carbonyl (C=O) groups is 2. The first-order valence-corrected chi connectivity index (χ1v) is 10.3. The highest BCUT2D eigenvalue weighted by atomic mass is 16.2. The summed E-state index contributed by atoms with van der Waals surface area (Å²) in [6, 6.07) is 7.02. The lowest BCUT2D eigenvalue weighted by molar-refractivity contribution is -0.127. The monoisotopic (exact) mass is 397 g/mol. The molecule has 2 fully saturated rings. The lowest BCUT2D eigenvalue weighted by atomic mass is 9.97. The van der Waals surface area contributed by atoms with Crippen LogP contribution in [0.15, 0.2) is 29.1 Å². The molecular weight excluding hydrogens is 370 g/mol. The van der Waals surface area contributed by atoms with E-state index < -0.39 is 0 Å². The molecule has 8 heteroatoms. The number of fused-ring (bicyclic) bond motifs is 1. The predicted octanol–water partition coefficient (Wildman–Crippen LogP) is 0.952. The summed E-state index contributed by atoms with van der Waals surface area (Å²) >= 11 is 0. The standard InChI is InChI=1S/C21H27N5O3/c1-22-20(28)18-16-6-2-3-7-17(16)21(29)26(24-18)13-25-10-4-5-15(12-25)19(27)23-11-14-8-9-14/h2-3,6-7,14-15H,4-5,8-13H2,1H3,(H,22,28)(H,23,27). The molecule has 2 aliphatic rings. The van der Waals surface area contributed by atoms with Gasteiger partial charge in [-0.05, 0) is 44.2 Å². The van der Waals surface area contributed by atoms with E-state index in [0.717, 1.165) is 25.9 Å². The first-order chi connectivity index (χ1) is 14.1. The molecule has 29 heavy (non-hydrogen) atoms. The Hall–Kier alpha value is -2.74. The molecule has 0 radical (unpaired) electrons. The van der Waals surface area contributed by atoms with Gasteiger partial charge in [0.2, 0.25) is 5.91 Å². The van der Waals surface area contributed by atoms with E-state index in [1.165, 1.54) is 17.5 Å². The molecule has 4 rings (SSSR count). The van der Waals surface area contributed by atoms with Crippen molar-refractivity contribution in [3.63, 3.8) is 0 Å². The van der Waals surface area contributed by atoms with Crippen molar-refractivity contribution in [2.45, 2.75) is 32.4 Å². The molecule has 1 saturated heterocycles. The number of rotatable bonds is 6. The Morgan fingerprint density at radius 1 is 1.17 bits per heavy atom. The van der Waals surface area contributed by atoms with Gasteiger partial charge in [-0.15, -0.1) is 0 Å². The molecule has 8 nitrogen and oxygen atoms in total. The van der Waals surface area contributed by atoms with Crippen molar-refractivity contribution in [1.82, 2.24) is 25.3 Å². The summed E-state index contributed by atoms with van der Waals surface area (Å²) in [5.74, 6) is 0.358. The predicted molar refractivity (Wildman–Crippen MR) is 109 cm³/mol. The number of carbonyl (C=O) groups excluding carboxylic acids is 2. The van der Waals surface area contributed by atoms with Crippen molar-refractivity contribution in [1.29, 1.82) is 0 Å². The van der Waals surface area contributed by atoms with Crippen LogP contribution in [0, 0.1) is 11.8 Å². The lowest BCUT2D eigenvalue weighted by Gasteiger charge is -2.32. The summed E-state index contributed by atoms with van der Waals surface area (Å²) in [6.45, 7) is 2.42. The minimum Gasteiger partial charge on any atom is -0.356 e. The average Bonchev–Trinajstić information content (AvgIpc) is 3.58. The molecule has 1 atom stereocenters. The Balaban J connectivity index is 1.53. The smallest absolute Gasteiger partial charge is 0.275 e. The van der Waals surface area contributed by atoms with Gasteiger partial charge in [0.25, 0.3) is 11.5 Å². The number of hydrogen-bond donors (Lipinski definition) is 2. The van der Waals surface area contributed by atoms with E-state index in [9.17, 15) is 14.4 Å². The maximum absolute atomic E-state index is 12.9. The zero-order valence-corrected chi connectivity index (χ0v) is 16.7. The van der Waals surface area contributed by atoms with Gasteiger partial charge >= 0.3 is 0 Å². The minimum atomic E-state index is -0.328. The quantitative estimate of drug-likeness (QED) is 0.757. The first-order valence-electron chi connectivity index (χ1n) is 10.3. The molecule has 154 valence electrons. The zero-order chi connectivity index (χ0) is 20.4. The third-order valence-corrected chi connectivity index (χ3v) is 5.78. The van der Waals surface area contributed by atoms with Crippen molar-refractivity contribution in [2.24, 2.45) is 11.8 Å². The van der Waals surface area contributed by atoms with Crippen LogP contribution < -0.4 is 16.2 Å². The Morgan fingerprint density at radius 3 is 2.66 bits per heavy atom. The van der Waals surface area contributed by atoms with Crippen molar-refractivity contribution in [2.75, 3.05) is 26.7 Å². The average molecular weight is 397 g/mol. The summed E-state index contributed by atoms with van der Waals surface area (Å²) in [7, 11) is 1.55. The topological polar surface area (TPSA) is 96.3 Å². The van der Waals surface area contributed by atoms with Gasteiger partial charge in [0.1, 0.15) is 0 Å². The number of piperidine rings is 1. The molecule has 1 aromatic carbocycles. The summed E-state index contributed by atoms with van der Waals surface area (Å²) in [6.07, 6.45) is 4.17. The van der Waals surface area contributed by atoms with Gasteiger partial charge in [0, 0.05) is 25.5 Å². The largest absolute Gasteiger partial charge is 0.356 e. The van der Waals surface area contributed by atoms with Crippen LogP contribution in [0.2, 0.25) is 0 Å².